The molecule has 0 saturated carbocycles. The van der Waals surface area contributed by atoms with Gasteiger partial charge in [-0.1, -0.05) is 36.4 Å². The fourth-order valence-electron chi connectivity index (χ4n) is 7.86. The first-order valence-corrected chi connectivity index (χ1v) is 18.9. The van der Waals surface area contributed by atoms with Gasteiger partial charge in [0.1, 0.15) is 29.2 Å². The number of aromatic amines is 1. The van der Waals surface area contributed by atoms with Crippen molar-refractivity contribution in [1.82, 2.24) is 15.0 Å². The second kappa shape index (κ2) is 16.1. The summed E-state index contributed by atoms with van der Waals surface area (Å²) in [7, 11) is 4.71. The molecular weight excluding hydrogens is 771 g/mol. The van der Waals surface area contributed by atoms with Crippen LogP contribution in [0.3, 0.4) is 0 Å². The van der Waals surface area contributed by atoms with Crippen molar-refractivity contribution in [3.05, 3.63) is 129 Å². The lowest BCUT2D eigenvalue weighted by Crippen LogP contribution is -2.36. The largest absolute Gasteiger partial charge is 0.497 e. The van der Waals surface area contributed by atoms with Crippen molar-refractivity contribution in [2.24, 2.45) is 0 Å². The fourth-order valence-corrected chi connectivity index (χ4v) is 7.86. The molecule has 0 aliphatic carbocycles. The van der Waals surface area contributed by atoms with E-state index in [0.717, 1.165) is 16.7 Å². The van der Waals surface area contributed by atoms with Gasteiger partial charge < -0.3 is 38.5 Å². The van der Waals surface area contributed by atoms with Crippen LogP contribution in [0.1, 0.15) is 33.4 Å². The molecule has 2 aliphatic heterocycles. The zero-order valence-electron chi connectivity index (χ0n) is 32.8. The van der Waals surface area contributed by atoms with Gasteiger partial charge in [0.2, 0.25) is 5.88 Å². The van der Waals surface area contributed by atoms with Crippen molar-refractivity contribution in [2.75, 3.05) is 50.8 Å². The molecule has 0 spiro atoms. The summed E-state index contributed by atoms with van der Waals surface area (Å²) in [5.74, 6) is 1.03. The molecule has 4 aromatic carbocycles. The lowest BCUT2D eigenvalue weighted by atomic mass is 9.93. The summed E-state index contributed by atoms with van der Waals surface area (Å²) in [6, 6.07) is 23.4. The molecule has 15 heteroatoms. The van der Waals surface area contributed by atoms with Gasteiger partial charge >= 0.3 is 11.9 Å². The predicted molar refractivity (Wildman–Crippen MR) is 214 cm³/mol. The SMILES string of the molecule is COc1ccc(COC[C@@H]2CN3CCc4c(-c5nc(N(Cc6ccc(OC)cc6)Cc6ccc(OC)cc6)cc(C)c5C(F)(F)F)c(F)c5[nH]c(=O)nc(c5c43)O2)cc1. The average molecular weight is 812 g/mol. The molecule has 8 rings (SSSR count). The van der Waals surface area contributed by atoms with E-state index in [1.807, 2.05) is 58.3 Å². The highest BCUT2D eigenvalue weighted by Gasteiger charge is 2.42. The smallest absolute Gasteiger partial charge is 0.418 e. The second-order valence-corrected chi connectivity index (χ2v) is 14.5. The molecule has 0 amide bonds. The number of halogens is 4. The molecular formula is C44H41F4N5O6. The number of hydrogen-bond acceptors (Lipinski definition) is 10. The lowest BCUT2D eigenvalue weighted by molar-refractivity contribution is -0.137. The number of H-pyrrole nitrogens is 1. The zero-order valence-corrected chi connectivity index (χ0v) is 32.8. The minimum atomic E-state index is -4.91. The first kappa shape index (κ1) is 39.5. The standard InChI is InChI=1S/C44H41F4N5O6/c1-25-19-34(53(20-26-5-11-29(55-2)12-6-26)21-27-7-13-30(56-3)14-8-27)49-39(37(25)44(46,47)48)35-33-17-18-52-22-32(24-58-23-28-9-15-31(57-4)16-10-28)59-42-36(41(33)52)40(38(35)45)50-43(54)51-42/h5-16,19,32H,17-18,20-24H2,1-4H3,(H,50,51,54)/t32-/m0/s1. The molecule has 0 unspecified atom stereocenters. The van der Waals surface area contributed by atoms with Crippen LogP contribution in [0.5, 0.6) is 23.1 Å². The Balaban J connectivity index is 1.23. The molecule has 6 aromatic rings. The summed E-state index contributed by atoms with van der Waals surface area (Å²) < 4.78 is 91.2. The number of nitrogens with zero attached hydrogens (tertiary/aromatic N) is 4. The summed E-state index contributed by atoms with van der Waals surface area (Å²) in [6.07, 6.45) is -5.34. The molecule has 0 saturated heterocycles. The molecule has 1 atom stereocenters. The zero-order chi connectivity index (χ0) is 41.4. The van der Waals surface area contributed by atoms with Crippen molar-refractivity contribution in [3.63, 3.8) is 0 Å². The highest BCUT2D eigenvalue weighted by molar-refractivity contribution is 6.03. The third-order valence-corrected chi connectivity index (χ3v) is 10.7. The summed E-state index contributed by atoms with van der Waals surface area (Å²) in [6.45, 7) is 2.80. The lowest BCUT2D eigenvalue weighted by Gasteiger charge is -2.27. The third kappa shape index (κ3) is 7.94. The van der Waals surface area contributed by atoms with Gasteiger partial charge in [0.25, 0.3) is 0 Å². The van der Waals surface area contributed by atoms with E-state index in [9.17, 15) is 4.79 Å². The van der Waals surface area contributed by atoms with Crippen LogP contribution in [0.15, 0.2) is 83.7 Å². The van der Waals surface area contributed by atoms with Crippen LogP contribution in [-0.2, 0) is 37.0 Å². The van der Waals surface area contributed by atoms with E-state index < -0.39 is 35.0 Å². The van der Waals surface area contributed by atoms with Crippen molar-refractivity contribution in [3.8, 4) is 34.4 Å². The average Bonchev–Trinajstić information content (AvgIpc) is 3.55. The maximum atomic E-state index is 17.3. The van der Waals surface area contributed by atoms with Gasteiger partial charge in [0.05, 0.1) is 68.9 Å². The van der Waals surface area contributed by atoms with Gasteiger partial charge in [0.15, 0.2) is 5.82 Å². The normalized spacial score (nSPS) is 14.6. The molecule has 11 nitrogen and oxygen atoms in total. The Hall–Kier alpha value is -6.35. The number of anilines is 2. The van der Waals surface area contributed by atoms with E-state index in [1.165, 1.54) is 13.0 Å². The molecule has 306 valence electrons. The van der Waals surface area contributed by atoms with E-state index >= 15 is 17.6 Å². The fraction of sp³-hybridized carbons (Fsp3) is 0.295. The van der Waals surface area contributed by atoms with Crippen LogP contribution in [0.2, 0.25) is 0 Å². The van der Waals surface area contributed by atoms with E-state index in [0.29, 0.717) is 35.0 Å². The monoisotopic (exact) mass is 811 g/mol. The number of aryl methyl sites for hydroxylation is 1. The Kier molecular flexibility index (Phi) is 10.8. The quantitative estimate of drug-likeness (QED) is 0.115. The van der Waals surface area contributed by atoms with E-state index in [2.05, 4.69) is 9.97 Å². The first-order valence-electron chi connectivity index (χ1n) is 18.9. The van der Waals surface area contributed by atoms with Crippen LogP contribution >= 0.6 is 0 Å². The van der Waals surface area contributed by atoms with Crippen LogP contribution in [0.25, 0.3) is 22.2 Å². The van der Waals surface area contributed by atoms with E-state index in [1.54, 1.807) is 45.6 Å². The van der Waals surface area contributed by atoms with Crippen molar-refractivity contribution in [2.45, 2.75) is 45.3 Å². The van der Waals surface area contributed by atoms with Gasteiger partial charge in [-0.3, -0.25) is 0 Å². The van der Waals surface area contributed by atoms with Gasteiger partial charge in [-0.25, -0.2) is 14.2 Å². The van der Waals surface area contributed by atoms with E-state index in [4.69, 9.17) is 28.7 Å². The van der Waals surface area contributed by atoms with Crippen molar-refractivity contribution >= 4 is 22.4 Å². The minimum absolute atomic E-state index is 0.0937. The van der Waals surface area contributed by atoms with Crippen LogP contribution in [-0.4, -0.2) is 62.1 Å². The molecule has 2 aromatic heterocycles. The summed E-state index contributed by atoms with van der Waals surface area (Å²) >= 11 is 0. The third-order valence-electron chi connectivity index (χ3n) is 10.7. The van der Waals surface area contributed by atoms with Gasteiger partial charge in [-0.15, -0.1) is 0 Å². The van der Waals surface area contributed by atoms with E-state index in [-0.39, 0.29) is 73.0 Å². The van der Waals surface area contributed by atoms with Crippen LogP contribution in [0, 0.1) is 12.7 Å². The first-order chi connectivity index (χ1) is 28.4. The molecule has 0 fully saturated rings. The number of ether oxygens (including phenoxy) is 5. The van der Waals surface area contributed by atoms with Gasteiger partial charge in [0, 0.05) is 25.2 Å². The molecule has 4 heterocycles. The minimum Gasteiger partial charge on any atom is -0.497 e. The summed E-state index contributed by atoms with van der Waals surface area (Å²) in [4.78, 5) is 28.0. The number of methoxy groups -OCH3 is 3. The molecule has 2 aliphatic rings. The number of rotatable bonds is 13. The Bertz CT molecular complexity index is 2500. The van der Waals surface area contributed by atoms with Gasteiger partial charge in [-0.05, 0) is 83.6 Å². The Morgan fingerprint density at radius 3 is 2.00 bits per heavy atom. The number of nitrogens with one attached hydrogen (secondary N) is 1. The Morgan fingerprint density at radius 1 is 0.864 bits per heavy atom. The summed E-state index contributed by atoms with van der Waals surface area (Å²) in [5.41, 5.74) is 0.000951. The molecule has 0 radical (unpaired) electrons. The number of pyridine rings is 1. The van der Waals surface area contributed by atoms with Gasteiger partial charge in [-0.2, -0.15) is 18.2 Å². The number of hydrogen-bond donors (Lipinski definition) is 1. The molecule has 0 bridgehead atoms. The molecule has 1 N–H and O–H groups in total. The number of alkyl halides is 3. The van der Waals surface area contributed by atoms with Crippen molar-refractivity contribution in [1.29, 1.82) is 0 Å². The number of benzene rings is 4. The Labute approximate surface area is 337 Å². The highest BCUT2D eigenvalue weighted by Crippen LogP contribution is 2.50. The topological polar surface area (TPSA) is 111 Å². The Morgan fingerprint density at radius 2 is 1.44 bits per heavy atom. The second-order valence-electron chi connectivity index (χ2n) is 14.5. The summed E-state index contributed by atoms with van der Waals surface area (Å²) in [5, 5.41) is 0.179. The highest BCUT2D eigenvalue weighted by atomic mass is 19.4. The number of aromatic nitrogens is 3. The predicted octanol–water partition coefficient (Wildman–Crippen LogP) is 8.02. The maximum absolute atomic E-state index is 17.3. The van der Waals surface area contributed by atoms with Crippen molar-refractivity contribution < 1.29 is 41.2 Å². The molecule has 59 heavy (non-hydrogen) atoms. The van der Waals surface area contributed by atoms with Crippen LogP contribution in [0.4, 0.5) is 29.1 Å². The maximum Gasteiger partial charge on any atom is 0.418 e. The van der Waals surface area contributed by atoms with Crippen LogP contribution < -0.4 is 34.4 Å².